The molecule has 106 valence electrons. The van der Waals surface area contributed by atoms with Crippen molar-refractivity contribution in [3.05, 3.63) is 59.7 Å². The molecule has 0 aliphatic carbocycles. The molecule has 0 saturated carbocycles. The highest BCUT2D eigenvalue weighted by Crippen LogP contribution is 2.18. The van der Waals surface area contributed by atoms with Crippen LogP contribution >= 0.6 is 0 Å². The van der Waals surface area contributed by atoms with Gasteiger partial charge >= 0.3 is 0 Å². The molecule has 0 aliphatic rings. The molecule has 4 heteroatoms. The number of ether oxygens (including phenoxy) is 1. The quantitative estimate of drug-likeness (QED) is 0.876. The number of hydrogen-bond donors (Lipinski definition) is 1. The van der Waals surface area contributed by atoms with Gasteiger partial charge in [-0.3, -0.25) is 0 Å². The Hall–Kier alpha value is -2.10. The summed E-state index contributed by atoms with van der Waals surface area (Å²) in [5.74, 6) is -0.340. The zero-order valence-corrected chi connectivity index (χ0v) is 11.5. The maximum Gasteiger partial charge on any atom is 0.126 e. The van der Waals surface area contributed by atoms with Gasteiger partial charge < -0.3 is 10.1 Å². The van der Waals surface area contributed by atoms with Crippen LogP contribution in [0, 0.1) is 11.6 Å². The molecule has 0 aliphatic heterocycles. The molecule has 2 aromatic carbocycles. The van der Waals surface area contributed by atoms with Crippen LogP contribution in [0.2, 0.25) is 0 Å². The predicted octanol–water partition coefficient (Wildman–Crippen LogP) is 4.36. The molecule has 0 spiro atoms. The highest BCUT2D eigenvalue weighted by atomic mass is 19.1. The van der Waals surface area contributed by atoms with E-state index in [1.807, 2.05) is 38.1 Å². The molecule has 0 saturated heterocycles. The smallest absolute Gasteiger partial charge is 0.126 e. The lowest BCUT2D eigenvalue weighted by Gasteiger charge is -2.11. The van der Waals surface area contributed by atoms with E-state index in [4.69, 9.17) is 4.74 Å². The van der Waals surface area contributed by atoms with Gasteiger partial charge in [0.25, 0.3) is 0 Å². The largest absolute Gasteiger partial charge is 0.491 e. The Morgan fingerprint density at radius 3 is 2.15 bits per heavy atom. The van der Waals surface area contributed by atoms with Crippen LogP contribution in [0.15, 0.2) is 42.5 Å². The van der Waals surface area contributed by atoms with Gasteiger partial charge in [-0.25, -0.2) is 8.78 Å². The minimum absolute atomic E-state index is 0.129. The lowest BCUT2D eigenvalue weighted by Crippen LogP contribution is -2.05. The molecule has 0 atom stereocenters. The standard InChI is InChI=1S/C16H17F2NO/c1-11(2)20-16-5-3-15(4-6-16)19-10-12-7-13(17)9-14(18)8-12/h3-9,11,19H,10H2,1-2H3. The van der Waals surface area contributed by atoms with E-state index in [9.17, 15) is 8.78 Å². The first-order valence-electron chi connectivity index (χ1n) is 6.48. The van der Waals surface area contributed by atoms with Gasteiger partial charge in [0, 0.05) is 18.3 Å². The Kier molecular flexibility index (Phi) is 4.56. The second-order valence-electron chi connectivity index (χ2n) is 4.82. The van der Waals surface area contributed by atoms with Crippen molar-refractivity contribution in [2.45, 2.75) is 26.5 Å². The van der Waals surface area contributed by atoms with Crippen molar-refractivity contribution in [2.75, 3.05) is 5.32 Å². The van der Waals surface area contributed by atoms with Crippen LogP contribution in [0.4, 0.5) is 14.5 Å². The molecular formula is C16H17F2NO. The number of halogens is 2. The maximum atomic E-state index is 13.0. The minimum Gasteiger partial charge on any atom is -0.491 e. The van der Waals surface area contributed by atoms with Crippen molar-refractivity contribution < 1.29 is 13.5 Å². The van der Waals surface area contributed by atoms with Gasteiger partial charge in [0.2, 0.25) is 0 Å². The first-order chi connectivity index (χ1) is 9.52. The summed E-state index contributed by atoms with van der Waals surface area (Å²) >= 11 is 0. The van der Waals surface area contributed by atoms with Gasteiger partial charge in [0.15, 0.2) is 0 Å². The van der Waals surface area contributed by atoms with E-state index >= 15 is 0 Å². The zero-order valence-electron chi connectivity index (χ0n) is 11.5. The van der Waals surface area contributed by atoms with Gasteiger partial charge in [-0.05, 0) is 55.8 Å². The molecular weight excluding hydrogens is 260 g/mol. The van der Waals surface area contributed by atoms with Gasteiger partial charge in [-0.15, -0.1) is 0 Å². The molecule has 0 fully saturated rings. The average Bonchev–Trinajstić information content (AvgIpc) is 2.36. The Labute approximate surface area is 117 Å². The highest BCUT2D eigenvalue weighted by Gasteiger charge is 2.01. The van der Waals surface area contributed by atoms with Crippen LogP contribution in [-0.2, 0) is 6.54 Å². The van der Waals surface area contributed by atoms with Crippen molar-refractivity contribution in [2.24, 2.45) is 0 Å². The first-order valence-corrected chi connectivity index (χ1v) is 6.48. The molecule has 20 heavy (non-hydrogen) atoms. The molecule has 0 aromatic heterocycles. The Bertz CT molecular complexity index is 547. The van der Waals surface area contributed by atoms with Crippen molar-refractivity contribution >= 4 is 5.69 Å². The minimum atomic E-state index is -0.567. The van der Waals surface area contributed by atoms with Gasteiger partial charge in [0.05, 0.1) is 6.10 Å². The summed E-state index contributed by atoms with van der Waals surface area (Å²) in [6, 6.07) is 10.9. The first kappa shape index (κ1) is 14.3. The fourth-order valence-electron chi connectivity index (χ4n) is 1.84. The monoisotopic (exact) mass is 277 g/mol. The van der Waals surface area contributed by atoms with Gasteiger partial charge in [-0.2, -0.15) is 0 Å². The van der Waals surface area contributed by atoms with E-state index < -0.39 is 11.6 Å². The Balaban J connectivity index is 1.96. The highest BCUT2D eigenvalue weighted by molar-refractivity contribution is 5.46. The number of benzene rings is 2. The van der Waals surface area contributed by atoms with Crippen LogP contribution in [-0.4, -0.2) is 6.10 Å². The van der Waals surface area contributed by atoms with Crippen molar-refractivity contribution in [1.29, 1.82) is 0 Å². The van der Waals surface area contributed by atoms with E-state index in [1.165, 1.54) is 12.1 Å². The van der Waals surface area contributed by atoms with Gasteiger partial charge in [-0.1, -0.05) is 0 Å². The van der Waals surface area contributed by atoms with Crippen LogP contribution in [0.5, 0.6) is 5.75 Å². The van der Waals surface area contributed by atoms with Crippen molar-refractivity contribution in [1.82, 2.24) is 0 Å². The molecule has 0 bridgehead atoms. The van der Waals surface area contributed by atoms with E-state index in [0.29, 0.717) is 12.1 Å². The number of nitrogens with one attached hydrogen (secondary N) is 1. The van der Waals surface area contributed by atoms with Gasteiger partial charge in [0.1, 0.15) is 17.4 Å². The fraction of sp³-hybridized carbons (Fsp3) is 0.250. The summed E-state index contributed by atoms with van der Waals surface area (Å²) < 4.78 is 31.6. The zero-order chi connectivity index (χ0) is 14.5. The SMILES string of the molecule is CC(C)Oc1ccc(NCc2cc(F)cc(F)c2)cc1. The second kappa shape index (κ2) is 6.37. The number of anilines is 1. The van der Waals surface area contributed by atoms with Crippen molar-refractivity contribution in [3.8, 4) is 5.75 Å². The van der Waals surface area contributed by atoms with E-state index in [1.54, 1.807) is 0 Å². The Morgan fingerprint density at radius 2 is 1.60 bits per heavy atom. The van der Waals surface area contributed by atoms with Crippen LogP contribution in [0.25, 0.3) is 0 Å². The third kappa shape index (κ3) is 4.23. The predicted molar refractivity (Wildman–Crippen MR) is 75.9 cm³/mol. The topological polar surface area (TPSA) is 21.3 Å². The molecule has 1 N–H and O–H groups in total. The normalized spacial score (nSPS) is 10.7. The molecule has 2 nitrogen and oxygen atoms in total. The molecule has 2 rings (SSSR count). The third-order valence-corrected chi connectivity index (χ3v) is 2.65. The summed E-state index contributed by atoms with van der Waals surface area (Å²) in [4.78, 5) is 0. The second-order valence-corrected chi connectivity index (χ2v) is 4.82. The summed E-state index contributed by atoms with van der Waals surface area (Å²) in [7, 11) is 0. The molecule has 2 aromatic rings. The summed E-state index contributed by atoms with van der Waals surface area (Å²) in [6.07, 6.45) is 0.129. The number of rotatable bonds is 5. The van der Waals surface area contributed by atoms with Crippen LogP contribution < -0.4 is 10.1 Å². The third-order valence-electron chi connectivity index (χ3n) is 2.65. The van der Waals surface area contributed by atoms with E-state index in [2.05, 4.69) is 5.32 Å². The summed E-state index contributed by atoms with van der Waals surface area (Å²) in [5.41, 5.74) is 1.43. The lowest BCUT2D eigenvalue weighted by atomic mass is 10.2. The summed E-state index contributed by atoms with van der Waals surface area (Å²) in [5, 5.41) is 3.11. The van der Waals surface area contributed by atoms with Crippen LogP contribution in [0.3, 0.4) is 0 Å². The van der Waals surface area contributed by atoms with Crippen molar-refractivity contribution in [3.63, 3.8) is 0 Å². The Morgan fingerprint density at radius 1 is 1.00 bits per heavy atom. The molecule has 0 heterocycles. The molecule has 0 unspecified atom stereocenters. The lowest BCUT2D eigenvalue weighted by molar-refractivity contribution is 0.242. The fourth-order valence-corrected chi connectivity index (χ4v) is 1.84. The van der Waals surface area contributed by atoms with E-state index in [-0.39, 0.29) is 6.10 Å². The maximum absolute atomic E-state index is 13.0. The average molecular weight is 277 g/mol. The molecule has 0 radical (unpaired) electrons. The molecule has 0 amide bonds. The van der Waals surface area contributed by atoms with Crippen LogP contribution in [0.1, 0.15) is 19.4 Å². The van der Waals surface area contributed by atoms with E-state index in [0.717, 1.165) is 17.5 Å². The number of hydrogen-bond acceptors (Lipinski definition) is 2. The summed E-state index contributed by atoms with van der Waals surface area (Å²) in [6.45, 7) is 4.29.